The fourth-order valence-electron chi connectivity index (χ4n) is 10.1. The maximum absolute atomic E-state index is 12.9. The van der Waals surface area contributed by atoms with Crippen LogP contribution in [-0.2, 0) is 28.6 Å². The first-order chi connectivity index (χ1) is 38.5. The Balaban J connectivity index is 4.29. The molecule has 0 aliphatic heterocycles. The van der Waals surface area contributed by atoms with Crippen molar-refractivity contribution < 1.29 is 28.6 Å². The Hall–Kier alpha value is -2.89. The minimum Gasteiger partial charge on any atom is -0.462 e. The van der Waals surface area contributed by atoms with E-state index < -0.39 is 6.10 Å². The van der Waals surface area contributed by atoms with E-state index in [-0.39, 0.29) is 31.1 Å². The third kappa shape index (κ3) is 63.9. The molecule has 0 amide bonds. The second-order valence-corrected chi connectivity index (χ2v) is 23.1. The Morgan fingerprint density at radius 3 is 0.795 bits per heavy atom. The normalized spacial score (nSPS) is 12.4. The number of unbranched alkanes of at least 4 members (excludes halogenated alkanes) is 42. The lowest BCUT2D eigenvalue weighted by atomic mass is 10.0. The molecule has 0 N–H and O–H groups in total. The summed E-state index contributed by atoms with van der Waals surface area (Å²) < 4.78 is 17.0. The fourth-order valence-corrected chi connectivity index (χ4v) is 10.1. The fraction of sp³-hybridized carbons (Fsp3) is 0.819. The first-order valence-corrected chi connectivity index (χ1v) is 34.3. The molecule has 0 saturated carbocycles. The first-order valence-electron chi connectivity index (χ1n) is 34.3. The largest absolute Gasteiger partial charge is 0.462 e. The number of rotatable bonds is 63. The SMILES string of the molecule is CC/C=C\C/C=C\C/C=C\C/C=C\CCCCCCCCCCCCCCC(=O)OCC(COC(=O)CCCCCCCCCCCCCCCC)OC(=O)CCCCCCCCCCC/C=C\CCCCCCCCCC. The van der Waals surface area contributed by atoms with Gasteiger partial charge in [-0.05, 0) is 83.5 Å². The van der Waals surface area contributed by atoms with Gasteiger partial charge in [0, 0.05) is 19.3 Å². The molecule has 0 heterocycles. The zero-order valence-electron chi connectivity index (χ0n) is 52.2. The van der Waals surface area contributed by atoms with Crippen LogP contribution in [0.1, 0.15) is 361 Å². The van der Waals surface area contributed by atoms with Crippen LogP contribution in [0.5, 0.6) is 0 Å². The van der Waals surface area contributed by atoms with Gasteiger partial charge < -0.3 is 14.2 Å². The third-order valence-electron chi connectivity index (χ3n) is 15.3. The molecule has 1 unspecified atom stereocenters. The van der Waals surface area contributed by atoms with Crippen LogP contribution < -0.4 is 0 Å². The van der Waals surface area contributed by atoms with Gasteiger partial charge in [0.05, 0.1) is 0 Å². The van der Waals surface area contributed by atoms with E-state index in [2.05, 4.69) is 81.5 Å². The molecule has 0 radical (unpaired) electrons. The minimum absolute atomic E-state index is 0.0707. The van der Waals surface area contributed by atoms with Gasteiger partial charge in [-0.25, -0.2) is 0 Å². The van der Waals surface area contributed by atoms with Gasteiger partial charge in [0.1, 0.15) is 13.2 Å². The number of allylic oxidation sites excluding steroid dienone is 10. The van der Waals surface area contributed by atoms with Crippen LogP contribution >= 0.6 is 0 Å². The summed E-state index contributed by atoms with van der Waals surface area (Å²) in [5.41, 5.74) is 0. The van der Waals surface area contributed by atoms with Crippen molar-refractivity contribution in [3.05, 3.63) is 60.8 Å². The van der Waals surface area contributed by atoms with E-state index in [1.54, 1.807) is 0 Å². The van der Waals surface area contributed by atoms with Crippen LogP contribution in [0.2, 0.25) is 0 Å². The molecule has 1 atom stereocenters. The summed E-state index contributed by atoms with van der Waals surface area (Å²) in [6.45, 7) is 6.58. The van der Waals surface area contributed by atoms with Gasteiger partial charge in [-0.15, -0.1) is 0 Å². The molecule has 6 nitrogen and oxygen atoms in total. The van der Waals surface area contributed by atoms with Crippen molar-refractivity contribution in [3.8, 4) is 0 Å². The van der Waals surface area contributed by atoms with Gasteiger partial charge in [0.25, 0.3) is 0 Å². The van der Waals surface area contributed by atoms with E-state index in [0.29, 0.717) is 19.3 Å². The number of ether oxygens (including phenoxy) is 3. The van der Waals surface area contributed by atoms with Crippen molar-refractivity contribution in [2.45, 2.75) is 367 Å². The van der Waals surface area contributed by atoms with E-state index in [0.717, 1.165) is 83.5 Å². The standard InChI is InChI=1S/C72H130O6/c1-4-7-10-13-16-19-22-25-28-30-32-34-35-36-37-39-40-42-44-47-50-53-56-59-62-65-71(74)77-68-69(67-76-70(73)64-61-58-55-52-49-46-27-24-21-18-15-12-9-6-3)78-72(75)66-63-60-57-54-51-48-45-43-41-38-33-31-29-26-23-20-17-14-11-8-5-2/h7,10,16,19,25,28,31-34,69H,4-6,8-9,11-15,17-18,20-24,26-27,29-30,35-68H2,1-3H3/b10-7-,19-16-,28-25-,33-31-,34-32-. The van der Waals surface area contributed by atoms with E-state index in [1.807, 2.05) is 0 Å². The van der Waals surface area contributed by atoms with Crippen molar-refractivity contribution >= 4 is 17.9 Å². The van der Waals surface area contributed by atoms with Gasteiger partial charge in [0.15, 0.2) is 6.10 Å². The summed E-state index contributed by atoms with van der Waals surface area (Å²) >= 11 is 0. The molecule has 6 heteroatoms. The Morgan fingerprint density at radius 2 is 0.500 bits per heavy atom. The molecule has 0 rings (SSSR count). The summed E-state index contributed by atoms with van der Waals surface area (Å²) in [4.78, 5) is 38.4. The molecule has 0 spiro atoms. The zero-order chi connectivity index (χ0) is 56.4. The van der Waals surface area contributed by atoms with Gasteiger partial charge >= 0.3 is 17.9 Å². The van der Waals surface area contributed by atoms with Crippen molar-refractivity contribution in [2.24, 2.45) is 0 Å². The smallest absolute Gasteiger partial charge is 0.306 e. The summed E-state index contributed by atoms with van der Waals surface area (Å²) in [7, 11) is 0. The Morgan fingerprint density at radius 1 is 0.269 bits per heavy atom. The van der Waals surface area contributed by atoms with Gasteiger partial charge in [0.2, 0.25) is 0 Å². The molecule has 0 aromatic rings. The molecule has 454 valence electrons. The molecule has 0 saturated heterocycles. The first kappa shape index (κ1) is 75.1. The van der Waals surface area contributed by atoms with Crippen molar-refractivity contribution in [1.82, 2.24) is 0 Å². The van der Waals surface area contributed by atoms with E-state index in [4.69, 9.17) is 14.2 Å². The number of hydrogen-bond donors (Lipinski definition) is 0. The Kier molecular flexibility index (Phi) is 64.2. The molecule has 0 aliphatic rings. The lowest BCUT2D eigenvalue weighted by Gasteiger charge is -2.18. The average Bonchev–Trinajstić information content (AvgIpc) is 3.44. The van der Waals surface area contributed by atoms with Crippen LogP contribution in [0, 0.1) is 0 Å². The quantitative estimate of drug-likeness (QED) is 0.0261. The average molecular weight is 1090 g/mol. The third-order valence-corrected chi connectivity index (χ3v) is 15.3. The Labute approximate surface area is 485 Å². The van der Waals surface area contributed by atoms with Crippen LogP contribution in [-0.4, -0.2) is 37.2 Å². The van der Waals surface area contributed by atoms with E-state index in [1.165, 1.54) is 238 Å². The highest BCUT2D eigenvalue weighted by Gasteiger charge is 2.19. The van der Waals surface area contributed by atoms with Crippen LogP contribution in [0.3, 0.4) is 0 Å². The van der Waals surface area contributed by atoms with E-state index in [9.17, 15) is 14.4 Å². The Bertz CT molecular complexity index is 1390. The highest BCUT2D eigenvalue weighted by molar-refractivity contribution is 5.71. The number of hydrogen-bond acceptors (Lipinski definition) is 6. The highest BCUT2D eigenvalue weighted by Crippen LogP contribution is 2.18. The lowest BCUT2D eigenvalue weighted by Crippen LogP contribution is -2.30. The lowest BCUT2D eigenvalue weighted by molar-refractivity contribution is -0.167. The second kappa shape index (κ2) is 66.6. The predicted molar refractivity (Wildman–Crippen MR) is 339 cm³/mol. The van der Waals surface area contributed by atoms with Gasteiger partial charge in [-0.2, -0.15) is 0 Å². The molecule has 0 aromatic heterocycles. The molecule has 0 bridgehead atoms. The minimum atomic E-state index is -0.775. The molecular weight excluding hydrogens is 961 g/mol. The zero-order valence-corrected chi connectivity index (χ0v) is 52.2. The molecular formula is C72H130O6. The van der Waals surface area contributed by atoms with Crippen LogP contribution in [0.25, 0.3) is 0 Å². The summed E-state index contributed by atoms with van der Waals surface area (Å²) in [6, 6.07) is 0. The van der Waals surface area contributed by atoms with E-state index >= 15 is 0 Å². The summed E-state index contributed by atoms with van der Waals surface area (Å²) in [6.07, 6.45) is 85.2. The summed E-state index contributed by atoms with van der Waals surface area (Å²) in [5.74, 6) is -0.851. The highest BCUT2D eigenvalue weighted by atomic mass is 16.6. The van der Waals surface area contributed by atoms with Crippen molar-refractivity contribution in [2.75, 3.05) is 13.2 Å². The molecule has 0 aliphatic carbocycles. The topological polar surface area (TPSA) is 78.9 Å². The number of carbonyl (C=O) groups excluding carboxylic acids is 3. The number of carbonyl (C=O) groups is 3. The van der Waals surface area contributed by atoms with Crippen LogP contribution in [0.15, 0.2) is 60.8 Å². The molecule has 0 aromatic carbocycles. The van der Waals surface area contributed by atoms with Gasteiger partial charge in [-0.3, -0.25) is 14.4 Å². The second-order valence-electron chi connectivity index (χ2n) is 23.1. The van der Waals surface area contributed by atoms with Crippen molar-refractivity contribution in [3.63, 3.8) is 0 Å². The van der Waals surface area contributed by atoms with Crippen molar-refractivity contribution in [1.29, 1.82) is 0 Å². The monoisotopic (exact) mass is 1090 g/mol. The maximum Gasteiger partial charge on any atom is 0.306 e. The molecule has 78 heavy (non-hydrogen) atoms. The van der Waals surface area contributed by atoms with Gasteiger partial charge in [-0.1, -0.05) is 319 Å². The summed E-state index contributed by atoms with van der Waals surface area (Å²) in [5, 5.41) is 0. The van der Waals surface area contributed by atoms with Crippen LogP contribution in [0.4, 0.5) is 0 Å². The number of esters is 3. The molecule has 0 fully saturated rings. The predicted octanol–water partition coefficient (Wildman–Crippen LogP) is 23.5. The maximum atomic E-state index is 12.9.